The fraction of sp³-hybridized carbons (Fsp3) is 0.238. The summed E-state index contributed by atoms with van der Waals surface area (Å²) in [7, 11) is 6.74. The van der Waals surface area contributed by atoms with Gasteiger partial charge in [0, 0.05) is 58.5 Å². The first-order valence-electron chi connectivity index (χ1n) is 17.1. The first kappa shape index (κ1) is 36.7. The van der Waals surface area contributed by atoms with Crippen molar-refractivity contribution >= 4 is 46.3 Å². The zero-order valence-electron chi connectivity index (χ0n) is 30.0. The molecule has 4 aromatic rings. The molecule has 0 saturated carbocycles. The number of nitrogens with one attached hydrogen (secondary N) is 4. The van der Waals surface area contributed by atoms with Crippen molar-refractivity contribution in [2.45, 2.75) is 22.6 Å². The predicted molar refractivity (Wildman–Crippen MR) is 221 cm³/mol. The van der Waals surface area contributed by atoms with Crippen LogP contribution in [0.3, 0.4) is 0 Å². The van der Waals surface area contributed by atoms with Gasteiger partial charge in [-0.2, -0.15) is 0 Å². The van der Waals surface area contributed by atoms with Crippen LogP contribution in [0.1, 0.15) is 12.8 Å². The second-order valence-electron chi connectivity index (χ2n) is 12.3. The van der Waals surface area contributed by atoms with Gasteiger partial charge in [0.1, 0.15) is 32.7 Å². The van der Waals surface area contributed by atoms with Crippen LogP contribution in [-0.2, 0) is 0 Å². The summed E-state index contributed by atoms with van der Waals surface area (Å²) in [5.41, 5.74) is 6.24. The minimum atomic E-state index is -0.325. The molecule has 2 atom stereocenters. The zero-order chi connectivity index (χ0) is 36.2. The Balaban J connectivity index is 1.14. The molecular formula is C42H46N4O4S2. The van der Waals surface area contributed by atoms with Crippen molar-refractivity contribution in [1.29, 1.82) is 0 Å². The van der Waals surface area contributed by atoms with E-state index < -0.39 is 0 Å². The number of ether oxygens (including phenoxy) is 4. The van der Waals surface area contributed by atoms with Gasteiger partial charge >= 0.3 is 0 Å². The van der Waals surface area contributed by atoms with Crippen LogP contribution in [0.25, 0.3) is 0 Å². The molecular weight excluding hydrogens is 689 g/mol. The van der Waals surface area contributed by atoms with Crippen LogP contribution in [0.4, 0.5) is 22.7 Å². The number of hydrogen-bond acceptors (Lipinski definition) is 10. The van der Waals surface area contributed by atoms with Crippen LogP contribution < -0.4 is 40.2 Å². The molecule has 4 N–H and O–H groups in total. The smallest absolute Gasteiger partial charge is 0.119 e. The lowest BCUT2D eigenvalue weighted by Crippen LogP contribution is -2.36. The van der Waals surface area contributed by atoms with Crippen molar-refractivity contribution in [2.75, 3.05) is 61.2 Å². The molecule has 0 fully saturated rings. The van der Waals surface area contributed by atoms with Crippen LogP contribution in [0.15, 0.2) is 145 Å². The van der Waals surface area contributed by atoms with Crippen LogP contribution in [-0.4, -0.2) is 49.7 Å². The monoisotopic (exact) mass is 734 g/mol. The van der Waals surface area contributed by atoms with E-state index >= 15 is 0 Å². The molecule has 0 saturated heterocycles. The topological polar surface area (TPSA) is 85.0 Å². The standard InChI is InChI=1S/C42H46N4O4S2/c1-47-37-13-5-31(6-14-37)43-33-21-25-41(26-22-33,45-35-9-17-39(49-3)18-10-35)51-29-30-52-42(46-36-11-19-40(50-4)20-12-36)27-23-34(24-28-42)44-32-7-15-38(48-2)16-8-32/h5-25,27,43-46H,26,28-30H2,1-4H3. The van der Waals surface area contributed by atoms with E-state index in [2.05, 4.69) is 82.0 Å². The molecule has 2 unspecified atom stereocenters. The second-order valence-corrected chi connectivity index (χ2v) is 15.1. The molecule has 0 amide bonds. The van der Waals surface area contributed by atoms with Gasteiger partial charge in [-0.05, 0) is 121 Å². The van der Waals surface area contributed by atoms with E-state index in [0.29, 0.717) is 0 Å². The largest absolute Gasteiger partial charge is 0.497 e. The van der Waals surface area contributed by atoms with Crippen molar-refractivity contribution in [1.82, 2.24) is 0 Å². The quantitative estimate of drug-likeness (QED) is 0.0622. The minimum absolute atomic E-state index is 0.325. The Hall–Kier alpha value is -5.06. The third-order valence-corrected chi connectivity index (χ3v) is 11.7. The Labute approximate surface area is 315 Å². The average molecular weight is 735 g/mol. The van der Waals surface area contributed by atoms with Gasteiger partial charge in [0.05, 0.1) is 28.4 Å². The molecule has 52 heavy (non-hydrogen) atoms. The first-order chi connectivity index (χ1) is 25.4. The van der Waals surface area contributed by atoms with Crippen molar-refractivity contribution in [2.24, 2.45) is 0 Å². The van der Waals surface area contributed by atoms with Gasteiger partial charge < -0.3 is 40.2 Å². The lowest BCUT2D eigenvalue weighted by molar-refractivity contribution is 0.414. The summed E-state index contributed by atoms with van der Waals surface area (Å²) in [4.78, 5) is -0.650. The van der Waals surface area contributed by atoms with Crippen molar-refractivity contribution in [3.8, 4) is 23.0 Å². The van der Waals surface area contributed by atoms with Gasteiger partial charge in [-0.3, -0.25) is 0 Å². The fourth-order valence-corrected chi connectivity index (χ4v) is 8.37. The van der Waals surface area contributed by atoms with E-state index in [4.69, 9.17) is 18.9 Å². The Morgan fingerprint density at radius 1 is 0.462 bits per heavy atom. The average Bonchev–Trinajstić information content (AvgIpc) is 3.19. The third kappa shape index (κ3) is 9.83. The maximum absolute atomic E-state index is 5.41. The summed E-state index contributed by atoms with van der Waals surface area (Å²) in [5, 5.41) is 14.7. The van der Waals surface area contributed by atoms with E-state index in [-0.39, 0.29) is 9.74 Å². The molecule has 0 bridgehead atoms. The van der Waals surface area contributed by atoms with E-state index in [1.807, 2.05) is 96.3 Å². The maximum Gasteiger partial charge on any atom is 0.119 e. The molecule has 6 rings (SSSR count). The summed E-state index contributed by atoms with van der Waals surface area (Å²) >= 11 is 3.84. The van der Waals surface area contributed by atoms with Crippen molar-refractivity contribution < 1.29 is 18.9 Å². The van der Waals surface area contributed by atoms with E-state index in [1.54, 1.807) is 28.4 Å². The summed E-state index contributed by atoms with van der Waals surface area (Å²) in [5.74, 6) is 5.19. The minimum Gasteiger partial charge on any atom is -0.497 e. The van der Waals surface area contributed by atoms with Crippen molar-refractivity contribution in [3.05, 3.63) is 145 Å². The summed E-state index contributed by atoms with van der Waals surface area (Å²) < 4.78 is 21.5. The summed E-state index contributed by atoms with van der Waals surface area (Å²) in [6.45, 7) is 0. The summed E-state index contributed by atoms with van der Waals surface area (Å²) in [6.07, 6.45) is 15.0. The predicted octanol–water partition coefficient (Wildman–Crippen LogP) is 10.0. The van der Waals surface area contributed by atoms with Gasteiger partial charge in [0.25, 0.3) is 0 Å². The zero-order valence-corrected chi connectivity index (χ0v) is 31.6. The Bertz CT molecular complexity index is 1740. The van der Waals surface area contributed by atoms with E-state index in [0.717, 1.165) is 81.5 Å². The molecule has 270 valence electrons. The van der Waals surface area contributed by atoms with Crippen LogP contribution >= 0.6 is 23.5 Å². The lowest BCUT2D eigenvalue weighted by atomic mass is 10.1. The number of hydrogen-bond donors (Lipinski definition) is 4. The Kier molecular flexibility index (Phi) is 12.3. The molecule has 0 spiro atoms. The lowest BCUT2D eigenvalue weighted by Gasteiger charge is -2.36. The van der Waals surface area contributed by atoms with E-state index in [1.165, 1.54) is 0 Å². The molecule has 0 heterocycles. The highest BCUT2D eigenvalue weighted by Gasteiger charge is 2.32. The van der Waals surface area contributed by atoms with E-state index in [9.17, 15) is 0 Å². The molecule has 0 aromatic heterocycles. The van der Waals surface area contributed by atoms with Gasteiger partial charge in [-0.1, -0.05) is 12.2 Å². The summed E-state index contributed by atoms with van der Waals surface area (Å²) in [6, 6.07) is 32.2. The molecule has 10 heteroatoms. The number of allylic oxidation sites excluding steroid dienone is 2. The third-order valence-electron chi connectivity index (χ3n) is 8.77. The molecule has 2 aliphatic rings. The highest BCUT2D eigenvalue weighted by atomic mass is 32.2. The Morgan fingerprint density at radius 2 is 0.769 bits per heavy atom. The molecule has 4 aromatic carbocycles. The van der Waals surface area contributed by atoms with Gasteiger partial charge in [-0.15, -0.1) is 23.5 Å². The van der Waals surface area contributed by atoms with Crippen LogP contribution in [0, 0.1) is 0 Å². The van der Waals surface area contributed by atoms with Gasteiger partial charge in [0.15, 0.2) is 0 Å². The second kappa shape index (κ2) is 17.4. The highest BCUT2D eigenvalue weighted by Crippen LogP contribution is 2.41. The normalized spacial score (nSPS) is 19.2. The number of benzene rings is 4. The highest BCUT2D eigenvalue weighted by molar-refractivity contribution is 8.04. The Morgan fingerprint density at radius 3 is 1.04 bits per heavy atom. The number of methoxy groups -OCH3 is 4. The molecule has 0 radical (unpaired) electrons. The molecule has 0 aliphatic heterocycles. The van der Waals surface area contributed by atoms with Crippen LogP contribution in [0.5, 0.6) is 23.0 Å². The van der Waals surface area contributed by atoms with Gasteiger partial charge in [0.2, 0.25) is 0 Å². The van der Waals surface area contributed by atoms with Gasteiger partial charge in [-0.25, -0.2) is 0 Å². The van der Waals surface area contributed by atoms with Crippen molar-refractivity contribution in [3.63, 3.8) is 0 Å². The number of rotatable bonds is 17. The maximum atomic E-state index is 5.41. The van der Waals surface area contributed by atoms with Crippen LogP contribution in [0.2, 0.25) is 0 Å². The fourth-order valence-electron chi connectivity index (χ4n) is 5.87. The molecule has 2 aliphatic carbocycles. The SMILES string of the molecule is COc1ccc(NC2=CCC(Nc3ccc(OC)cc3)(SCCSC3(Nc4ccc(OC)cc4)C=CC(Nc4ccc(OC)cc4)=CC3)C=C2)cc1. The number of anilines is 4. The first-order valence-corrected chi connectivity index (χ1v) is 19.1. The molecule has 8 nitrogen and oxygen atoms in total. The number of thioether (sulfide) groups is 2.